The third-order valence-electron chi connectivity index (χ3n) is 5.05. The molecule has 4 rings (SSSR count). The lowest BCUT2D eigenvalue weighted by Crippen LogP contribution is -2.41. The number of aromatic nitrogens is 3. The zero-order valence-corrected chi connectivity index (χ0v) is 14.5. The van der Waals surface area contributed by atoms with Gasteiger partial charge in [0.25, 0.3) is 5.91 Å². The van der Waals surface area contributed by atoms with E-state index in [1.165, 1.54) is 0 Å². The lowest BCUT2D eigenvalue weighted by atomic mass is 10.0. The number of amides is 1. The average Bonchev–Trinajstić information content (AvgIpc) is 3.33. The second-order valence-electron chi connectivity index (χ2n) is 6.63. The number of aromatic amines is 1. The average molecular weight is 338 g/mol. The van der Waals surface area contributed by atoms with Crippen LogP contribution in [0.5, 0.6) is 0 Å². The van der Waals surface area contributed by atoms with Crippen LogP contribution in [0.15, 0.2) is 42.9 Å². The maximum atomic E-state index is 13.1. The summed E-state index contributed by atoms with van der Waals surface area (Å²) >= 11 is 0. The molecule has 0 spiro atoms. The first-order valence-corrected chi connectivity index (χ1v) is 8.54. The van der Waals surface area contributed by atoms with Crippen LogP contribution in [0.4, 0.5) is 0 Å². The zero-order chi connectivity index (χ0) is 17.4. The molecule has 1 fully saturated rings. The maximum absolute atomic E-state index is 13.1. The van der Waals surface area contributed by atoms with Crippen LogP contribution in [0.3, 0.4) is 0 Å². The Hall–Kier alpha value is -2.60. The highest BCUT2D eigenvalue weighted by atomic mass is 16.5. The number of fused-ring (bicyclic) bond motifs is 1. The molecule has 1 aliphatic rings. The molecular formula is C19H22N4O2. The largest absolute Gasteiger partial charge is 0.379 e. The van der Waals surface area contributed by atoms with Crippen molar-refractivity contribution in [3.05, 3.63) is 54.0 Å². The number of hydrogen-bond acceptors (Lipinski definition) is 3. The van der Waals surface area contributed by atoms with E-state index in [-0.39, 0.29) is 18.1 Å². The molecule has 1 aliphatic heterocycles. The highest BCUT2D eigenvalue weighted by Gasteiger charge is 2.37. The molecule has 2 atom stereocenters. The molecule has 0 radical (unpaired) electrons. The molecule has 1 N–H and O–H groups in total. The smallest absolute Gasteiger partial charge is 0.254 e. The first-order chi connectivity index (χ1) is 12.2. The van der Waals surface area contributed by atoms with Gasteiger partial charge in [0.1, 0.15) is 0 Å². The van der Waals surface area contributed by atoms with Gasteiger partial charge < -0.3 is 14.6 Å². The van der Waals surface area contributed by atoms with Gasteiger partial charge in [0.15, 0.2) is 0 Å². The van der Waals surface area contributed by atoms with Gasteiger partial charge in [-0.05, 0) is 42.7 Å². The third-order valence-corrected chi connectivity index (χ3v) is 5.05. The Balaban J connectivity index is 1.60. The van der Waals surface area contributed by atoms with E-state index < -0.39 is 0 Å². The molecule has 0 aliphatic carbocycles. The number of carbonyl (C=O) groups excluding carboxylic acids is 1. The Kier molecular flexibility index (Phi) is 4.05. The lowest BCUT2D eigenvalue weighted by molar-refractivity contribution is 0.0508. The van der Waals surface area contributed by atoms with E-state index >= 15 is 0 Å². The van der Waals surface area contributed by atoms with Crippen molar-refractivity contribution < 1.29 is 9.53 Å². The number of likely N-dealkylation sites (tertiary alicyclic amines) is 1. The SMILES string of the molecule is CO[C@H]1CCN(C(=O)c2ccc3[nH]ccc3c2)[C@@H]1Cc1cnn(C)c1. The van der Waals surface area contributed by atoms with Crippen LogP contribution in [0, 0.1) is 0 Å². The standard InChI is InChI=1S/C19H22N4O2/c1-22-12-13(11-21-22)9-17-18(25-2)6-8-23(17)19(24)15-3-4-16-14(10-15)5-7-20-16/h3-5,7,10-12,17-18,20H,6,8-9H2,1-2H3/t17-,18+/m1/s1. The third kappa shape index (κ3) is 2.93. The van der Waals surface area contributed by atoms with Crippen LogP contribution in [0.2, 0.25) is 0 Å². The molecule has 130 valence electrons. The summed E-state index contributed by atoms with van der Waals surface area (Å²) in [5, 5.41) is 5.29. The van der Waals surface area contributed by atoms with Gasteiger partial charge in [-0.3, -0.25) is 9.48 Å². The van der Waals surface area contributed by atoms with Crippen molar-refractivity contribution >= 4 is 16.8 Å². The van der Waals surface area contributed by atoms with E-state index in [0.29, 0.717) is 6.54 Å². The molecule has 1 saturated heterocycles. The fourth-order valence-corrected chi connectivity index (χ4v) is 3.76. The number of hydrogen-bond donors (Lipinski definition) is 1. The lowest BCUT2D eigenvalue weighted by Gasteiger charge is -2.27. The molecule has 1 amide bonds. The van der Waals surface area contributed by atoms with Crippen LogP contribution < -0.4 is 0 Å². The summed E-state index contributed by atoms with van der Waals surface area (Å²) < 4.78 is 7.44. The first-order valence-electron chi connectivity index (χ1n) is 8.54. The molecule has 0 bridgehead atoms. The van der Waals surface area contributed by atoms with Gasteiger partial charge in [0.2, 0.25) is 0 Å². The molecule has 0 saturated carbocycles. The number of benzene rings is 1. The van der Waals surface area contributed by atoms with Gasteiger partial charge in [-0.15, -0.1) is 0 Å². The number of carbonyl (C=O) groups is 1. The molecule has 1 aromatic carbocycles. The minimum Gasteiger partial charge on any atom is -0.379 e. The van der Waals surface area contributed by atoms with Gasteiger partial charge >= 0.3 is 0 Å². The van der Waals surface area contributed by atoms with Crippen LogP contribution in [-0.4, -0.2) is 51.4 Å². The van der Waals surface area contributed by atoms with Crippen molar-refractivity contribution in [2.24, 2.45) is 7.05 Å². The molecule has 6 heteroatoms. The van der Waals surface area contributed by atoms with Crippen LogP contribution in [0.25, 0.3) is 10.9 Å². The molecule has 6 nitrogen and oxygen atoms in total. The van der Waals surface area contributed by atoms with Crippen molar-refractivity contribution in [1.29, 1.82) is 0 Å². The fraction of sp³-hybridized carbons (Fsp3) is 0.368. The molecule has 2 aromatic heterocycles. The Bertz CT molecular complexity index is 898. The molecule has 0 unspecified atom stereocenters. The predicted molar refractivity (Wildman–Crippen MR) is 95.4 cm³/mol. The van der Waals surface area contributed by atoms with Crippen molar-refractivity contribution in [3.8, 4) is 0 Å². The van der Waals surface area contributed by atoms with E-state index in [0.717, 1.165) is 34.9 Å². The van der Waals surface area contributed by atoms with Gasteiger partial charge in [0, 0.05) is 49.6 Å². The second-order valence-corrected chi connectivity index (χ2v) is 6.63. The number of aryl methyl sites for hydroxylation is 1. The minimum absolute atomic E-state index is 0.0311. The first kappa shape index (κ1) is 15.9. The number of nitrogens with zero attached hydrogens (tertiary/aromatic N) is 3. The van der Waals surface area contributed by atoms with Crippen LogP contribution in [-0.2, 0) is 18.2 Å². The zero-order valence-electron chi connectivity index (χ0n) is 14.5. The van der Waals surface area contributed by atoms with E-state index in [1.54, 1.807) is 11.8 Å². The molecular weight excluding hydrogens is 316 g/mol. The van der Waals surface area contributed by atoms with Crippen LogP contribution in [0.1, 0.15) is 22.3 Å². The topological polar surface area (TPSA) is 63.1 Å². The summed E-state index contributed by atoms with van der Waals surface area (Å²) in [5.74, 6) is 0.0662. The van der Waals surface area contributed by atoms with Crippen molar-refractivity contribution in [2.45, 2.75) is 25.0 Å². The number of ether oxygens (including phenoxy) is 1. The number of rotatable bonds is 4. The Labute approximate surface area is 146 Å². The van der Waals surface area contributed by atoms with E-state index in [1.807, 2.05) is 54.8 Å². The Morgan fingerprint density at radius 3 is 3.04 bits per heavy atom. The molecule has 3 heterocycles. The highest BCUT2D eigenvalue weighted by Crippen LogP contribution is 2.26. The number of H-pyrrole nitrogens is 1. The minimum atomic E-state index is 0.0311. The van der Waals surface area contributed by atoms with E-state index in [9.17, 15) is 4.79 Å². The quantitative estimate of drug-likeness (QED) is 0.794. The highest BCUT2D eigenvalue weighted by molar-refractivity contribution is 5.98. The monoisotopic (exact) mass is 338 g/mol. The number of nitrogens with one attached hydrogen (secondary N) is 1. The Morgan fingerprint density at radius 2 is 2.28 bits per heavy atom. The van der Waals surface area contributed by atoms with Gasteiger partial charge in [-0.2, -0.15) is 5.10 Å². The van der Waals surface area contributed by atoms with Crippen molar-refractivity contribution in [2.75, 3.05) is 13.7 Å². The van der Waals surface area contributed by atoms with E-state index in [2.05, 4.69) is 10.1 Å². The van der Waals surface area contributed by atoms with Crippen molar-refractivity contribution in [1.82, 2.24) is 19.7 Å². The summed E-state index contributed by atoms with van der Waals surface area (Å²) in [6.45, 7) is 0.716. The summed E-state index contributed by atoms with van der Waals surface area (Å²) in [5.41, 5.74) is 2.88. The maximum Gasteiger partial charge on any atom is 0.254 e. The molecule has 3 aromatic rings. The number of methoxy groups -OCH3 is 1. The summed E-state index contributed by atoms with van der Waals surface area (Å²) in [7, 11) is 3.63. The Morgan fingerprint density at radius 1 is 1.40 bits per heavy atom. The van der Waals surface area contributed by atoms with E-state index in [4.69, 9.17) is 4.74 Å². The van der Waals surface area contributed by atoms with Gasteiger partial charge in [-0.1, -0.05) is 0 Å². The normalized spacial score (nSPS) is 20.5. The molecule has 25 heavy (non-hydrogen) atoms. The van der Waals surface area contributed by atoms with Crippen LogP contribution >= 0.6 is 0 Å². The van der Waals surface area contributed by atoms with Gasteiger partial charge in [0.05, 0.1) is 18.3 Å². The van der Waals surface area contributed by atoms with Gasteiger partial charge in [-0.25, -0.2) is 0 Å². The van der Waals surface area contributed by atoms with Crippen molar-refractivity contribution in [3.63, 3.8) is 0 Å². The summed E-state index contributed by atoms with van der Waals surface area (Å²) in [6, 6.07) is 7.82. The summed E-state index contributed by atoms with van der Waals surface area (Å²) in [6.07, 6.45) is 7.42. The fourth-order valence-electron chi connectivity index (χ4n) is 3.76. The summed E-state index contributed by atoms with van der Waals surface area (Å²) in [4.78, 5) is 18.2. The predicted octanol–water partition coefficient (Wildman–Crippen LogP) is 2.37. The second kappa shape index (κ2) is 6.37.